The average Bonchev–Trinajstić information content (AvgIpc) is 2.67. The molecule has 1 aromatic heterocycles. The van der Waals surface area contributed by atoms with Crippen molar-refractivity contribution >= 4 is 29.0 Å². The molecule has 100 valence electrons. The molecule has 1 aromatic carbocycles. The van der Waals surface area contributed by atoms with Gasteiger partial charge in [0.15, 0.2) is 0 Å². The van der Waals surface area contributed by atoms with Crippen molar-refractivity contribution in [1.82, 2.24) is 9.78 Å². The fourth-order valence-electron chi connectivity index (χ4n) is 1.70. The Labute approximate surface area is 115 Å². The molecule has 0 aliphatic carbocycles. The summed E-state index contributed by atoms with van der Waals surface area (Å²) in [5.74, 6) is 0.0495. The van der Waals surface area contributed by atoms with E-state index in [1.807, 2.05) is 0 Å². The number of nitrogens with two attached hydrogens (primary N) is 2. The zero-order valence-electron chi connectivity index (χ0n) is 10.4. The van der Waals surface area contributed by atoms with Crippen molar-refractivity contribution in [3.8, 4) is 0 Å². The number of rotatable bonds is 4. The van der Waals surface area contributed by atoms with Gasteiger partial charge in [-0.3, -0.25) is 9.48 Å². The van der Waals surface area contributed by atoms with Crippen LogP contribution in [0.25, 0.3) is 0 Å². The number of aryl methyl sites for hydroxylation is 1. The summed E-state index contributed by atoms with van der Waals surface area (Å²) in [6.45, 7) is 0.431. The second-order valence-corrected chi connectivity index (χ2v) is 4.52. The Balaban J connectivity index is 2.21. The molecule has 7 heteroatoms. The highest BCUT2D eigenvalue weighted by atomic mass is 35.5. The topological polar surface area (TPSA) is 99.0 Å². The first-order valence-electron chi connectivity index (χ1n) is 5.58. The zero-order valence-corrected chi connectivity index (χ0v) is 11.1. The van der Waals surface area contributed by atoms with E-state index in [0.29, 0.717) is 28.6 Å². The monoisotopic (exact) mass is 279 g/mol. The van der Waals surface area contributed by atoms with Crippen LogP contribution in [0.4, 0.5) is 11.5 Å². The number of carbonyl (C=O) groups is 1. The van der Waals surface area contributed by atoms with E-state index < -0.39 is 5.91 Å². The number of nitrogen functional groups attached to an aromatic ring is 1. The van der Waals surface area contributed by atoms with Crippen LogP contribution in [-0.4, -0.2) is 15.7 Å². The van der Waals surface area contributed by atoms with Gasteiger partial charge in [-0.15, -0.1) is 0 Å². The molecule has 1 heterocycles. The highest BCUT2D eigenvalue weighted by Crippen LogP contribution is 2.22. The van der Waals surface area contributed by atoms with E-state index in [2.05, 4.69) is 10.4 Å². The summed E-state index contributed by atoms with van der Waals surface area (Å²) in [6.07, 6.45) is 1.66. The summed E-state index contributed by atoms with van der Waals surface area (Å²) in [6, 6.07) is 4.85. The summed E-state index contributed by atoms with van der Waals surface area (Å²) in [5.41, 5.74) is 12.9. The van der Waals surface area contributed by atoms with Gasteiger partial charge in [-0.25, -0.2) is 0 Å². The third-order valence-electron chi connectivity index (χ3n) is 2.78. The molecular weight excluding hydrogens is 266 g/mol. The molecule has 5 N–H and O–H groups in total. The number of halogens is 1. The lowest BCUT2D eigenvalue weighted by Gasteiger charge is -2.10. The molecule has 0 bridgehead atoms. The van der Waals surface area contributed by atoms with E-state index in [1.165, 1.54) is 0 Å². The lowest BCUT2D eigenvalue weighted by molar-refractivity contribution is 0.100. The summed E-state index contributed by atoms with van der Waals surface area (Å²) in [5, 5.41) is 7.64. The first-order valence-corrected chi connectivity index (χ1v) is 5.96. The van der Waals surface area contributed by atoms with E-state index >= 15 is 0 Å². The minimum Gasteiger partial charge on any atom is -0.384 e. The van der Waals surface area contributed by atoms with Crippen molar-refractivity contribution in [1.29, 1.82) is 0 Å². The smallest absolute Gasteiger partial charge is 0.250 e. The molecule has 1 amide bonds. The molecule has 6 nitrogen and oxygen atoms in total. The SMILES string of the molecule is Cn1ncc(CNc2cc(Cl)ccc2C(N)=O)c1N. The van der Waals surface area contributed by atoms with E-state index in [1.54, 1.807) is 36.1 Å². The summed E-state index contributed by atoms with van der Waals surface area (Å²) < 4.78 is 1.57. The molecule has 0 aliphatic heterocycles. The van der Waals surface area contributed by atoms with Gasteiger partial charge < -0.3 is 16.8 Å². The molecule has 2 rings (SSSR count). The van der Waals surface area contributed by atoms with Crippen molar-refractivity contribution in [2.45, 2.75) is 6.54 Å². The second-order valence-electron chi connectivity index (χ2n) is 4.09. The van der Waals surface area contributed by atoms with Crippen LogP contribution in [0.2, 0.25) is 5.02 Å². The Hall–Kier alpha value is -2.21. The predicted molar refractivity (Wildman–Crippen MR) is 74.9 cm³/mol. The number of benzene rings is 1. The standard InChI is InChI=1S/C12H14ClN5O/c1-18-11(14)7(6-17-18)5-16-10-4-8(13)2-3-9(10)12(15)19/h2-4,6,16H,5,14H2,1H3,(H2,15,19). The maximum Gasteiger partial charge on any atom is 0.250 e. The maximum atomic E-state index is 11.3. The Morgan fingerprint density at radius 2 is 2.26 bits per heavy atom. The van der Waals surface area contributed by atoms with E-state index in [9.17, 15) is 4.79 Å². The Morgan fingerprint density at radius 3 is 2.84 bits per heavy atom. The minimum atomic E-state index is -0.515. The molecule has 0 spiro atoms. The Bertz CT molecular complexity index is 623. The van der Waals surface area contributed by atoms with Crippen LogP contribution in [0.3, 0.4) is 0 Å². The number of nitrogens with one attached hydrogen (secondary N) is 1. The predicted octanol–water partition coefficient (Wildman–Crippen LogP) is 1.37. The highest BCUT2D eigenvalue weighted by Gasteiger charge is 2.10. The lowest BCUT2D eigenvalue weighted by Crippen LogP contribution is -2.14. The highest BCUT2D eigenvalue weighted by molar-refractivity contribution is 6.31. The number of anilines is 2. The van der Waals surface area contributed by atoms with Gasteiger partial charge in [0, 0.05) is 29.9 Å². The van der Waals surface area contributed by atoms with Crippen molar-refractivity contribution in [3.63, 3.8) is 0 Å². The molecule has 0 saturated heterocycles. The van der Waals surface area contributed by atoms with Gasteiger partial charge >= 0.3 is 0 Å². The van der Waals surface area contributed by atoms with Gasteiger partial charge in [0.25, 0.3) is 5.91 Å². The van der Waals surface area contributed by atoms with Crippen LogP contribution in [-0.2, 0) is 13.6 Å². The number of aromatic nitrogens is 2. The number of primary amides is 1. The van der Waals surface area contributed by atoms with Gasteiger partial charge in [0.2, 0.25) is 0 Å². The number of amides is 1. The van der Waals surface area contributed by atoms with Gasteiger partial charge in [0.1, 0.15) is 5.82 Å². The van der Waals surface area contributed by atoms with Gasteiger partial charge in [-0.2, -0.15) is 5.10 Å². The zero-order chi connectivity index (χ0) is 14.0. The van der Waals surface area contributed by atoms with E-state index in [-0.39, 0.29) is 0 Å². The van der Waals surface area contributed by atoms with Gasteiger partial charge in [-0.05, 0) is 18.2 Å². The normalized spacial score (nSPS) is 10.4. The third-order valence-corrected chi connectivity index (χ3v) is 3.02. The molecule has 0 atom stereocenters. The van der Waals surface area contributed by atoms with E-state index in [4.69, 9.17) is 23.1 Å². The third kappa shape index (κ3) is 2.79. The quantitative estimate of drug-likeness (QED) is 0.787. The molecular formula is C12H14ClN5O. The summed E-state index contributed by atoms with van der Waals surface area (Å²) in [7, 11) is 1.76. The molecule has 19 heavy (non-hydrogen) atoms. The first-order chi connectivity index (χ1) is 8.99. The molecule has 0 aliphatic rings. The van der Waals surface area contributed by atoms with Crippen LogP contribution in [0.5, 0.6) is 0 Å². The van der Waals surface area contributed by atoms with Gasteiger partial charge in [0.05, 0.1) is 11.8 Å². The van der Waals surface area contributed by atoms with Crippen LogP contribution in [0, 0.1) is 0 Å². The molecule has 0 unspecified atom stereocenters. The van der Waals surface area contributed by atoms with Crippen molar-refractivity contribution in [3.05, 3.63) is 40.5 Å². The summed E-state index contributed by atoms with van der Waals surface area (Å²) >= 11 is 5.91. The van der Waals surface area contributed by atoms with Crippen molar-refractivity contribution in [2.75, 3.05) is 11.1 Å². The average molecular weight is 280 g/mol. The number of carbonyl (C=O) groups excluding carboxylic acids is 1. The van der Waals surface area contributed by atoms with Crippen LogP contribution in [0.1, 0.15) is 15.9 Å². The van der Waals surface area contributed by atoms with Crippen LogP contribution < -0.4 is 16.8 Å². The fourth-order valence-corrected chi connectivity index (χ4v) is 1.87. The molecule has 0 fully saturated rings. The molecule has 0 radical (unpaired) electrons. The van der Waals surface area contributed by atoms with Gasteiger partial charge in [-0.1, -0.05) is 11.6 Å². The number of hydrogen-bond acceptors (Lipinski definition) is 4. The lowest BCUT2D eigenvalue weighted by atomic mass is 10.1. The minimum absolute atomic E-state index is 0.381. The first kappa shape index (κ1) is 13.2. The Kier molecular flexibility index (Phi) is 3.62. The molecule has 0 saturated carbocycles. The van der Waals surface area contributed by atoms with Crippen LogP contribution >= 0.6 is 11.6 Å². The van der Waals surface area contributed by atoms with Crippen molar-refractivity contribution < 1.29 is 4.79 Å². The van der Waals surface area contributed by atoms with Crippen molar-refractivity contribution in [2.24, 2.45) is 12.8 Å². The number of nitrogens with zero attached hydrogens (tertiary/aromatic N) is 2. The largest absolute Gasteiger partial charge is 0.384 e. The summed E-state index contributed by atoms with van der Waals surface area (Å²) in [4.78, 5) is 11.3. The van der Waals surface area contributed by atoms with E-state index in [0.717, 1.165) is 5.56 Å². The Morgan fingerprint density at radius 1 is 1.53 bits per heavy atom. The van der Waals surface area contributed by atoms with Crippen LogP contribution in [0.15, 0.2) is 24.4 Å². The molecule has 2 aromatic rings. The maximum absolute atomic E-state index is 11.3. The second kappa shape index (κ2) is 5.19. The fraction of sp³-hybridized carbons (Fsp3) is 0.167. The number of hydrogen-bond donors (Lipinski definition) is 3.